The first-order valence-electron chi connectivity index (χ1n) is 13.6. The van der Waals surface area contributed by atoms with Crippen molar-refractivity contribution in [2.45, 2.75) is 56.0 Å². The van der Waals surface area contributed by atoms with E-state index in [1.54, 1.807) is 23.5 Å². The Labute approximate surface area is 228 Å². The highest BCUT2D eigenvalue weighted by Gasteiger charge is 2.45. The van der Waals surface area contributed by atoms with Gasteiger partial charge in [-0.05, 0) is 32.0 Å². The van der Waals surface area contributed by atoms with Gasteiger partial charge in [-0.25, -0.2) is 4.98 Å². The average molecular weight is 537 g/mol. The molecule has 2 aromatic rings. The van der Waals surface area contributed by atoms with E-state index in [9.17, 15) is 14.9 Å². The summed E-state index contributed by atoms with van der Waals surface area (Å²) in [5.74, 6) is -0.535. The van der Waals surface area contributed by atoms with Crippen LogP contribution in [0.15, 0.2) is 29.6 Å². The molecule has 3 fully saturated rings. The number of nitrogens with one attached hydrogen (secondary N) is 2. The molecule has 0 radical (unpaired) electrons. The molecule has 0 spiro atoms. The zero-order chi connectivity index (χ0) is 26.6. The van der Waals surface area contributed by atoms with Crippen LogP contribution in [0.5, 0.6) is 0 Å². The van der Waals surface area contributed by atoms with Crippen molar-refractivity contribution in [1.82, 2.24) is 20.5 Å². The molecule has 0 unspecified atom stereocenters. The van der Waals surface area contributed by atoms with Crippen LogP contribution >= 0.6 is 11.3 Å². The molecule has 3 aliphatic rings. The molecule has 0 atom stereocenters. The molecule has 2 amide bonds. The first kappa shape index (κ1) is 26.6. The van der Waals surface area contributed by atoms with Crippen LogP contribution in [0.4, 0.5) is 5.13 Å². The molecular weight excluding hydrogens is 500 g/mol. The molecule has 9 nitrogen and oxygen atoms in total. The Morgan fingerprint density at radius 1 is 1.00 bits per heavy atom. The molecular formula is C28H36N6O3S. The third-order valence-electron chi connectivity index (χ3n) is 8.12. The summed E-state index contributed by atoms with van der Waals surface area (Å²) >= 11 is 1.65. The summed E-state index contributed by atoms with van der Waals surface area (Å²) in [4.78, 5) is 36.4. The van der Waals surface area contributed by atoms with Gasteiger partial charge < -0.3 is 25.2 Å². The van der Waals surface area contributed by atoms with Gasteiger partial charge in [0.1, 0.15) is 11.1 Å². The number of likely N-dealkylation sites (N-methyl/N-ethyl adjacent to an activating group) is 1. The van der Waals surface area contributed by atoms with E-state index in [1.165, 1.54) is 0 Å². The minimum absolute atomic E-state index is 0.260. The summed E-state index contributed by atoms with van der Waals surface area (Å²) in [6, 6.07) is 9.72. The highest BCUT2D eigenvalue weighted by Crippen LogP contribution is 2.32. The van der Waals surface area contributed by atoms with Crippen molar-refractivity contribution in [3.8, 4) is 17.3 Å². The smallest absolute Gasteiger partial charge is 0.252 e. The number of amides is 2. The van der Waals surface area contributed by atoms with Gasteiger partial charge in [-0.2, -0.15) is 5.26 Å². The average Bonchev–Trinajstić information content (AvgIpc) is 3.45. The summed E-state index contributed by atoms with van der Waals surface area (Å²) in [6.07, 6.45) is 4.77. The van der Waals surface area contributed by atoms with E-state index in [-0.39, 0.29) is 11.8 Å². The van der Waals surface area contributed by atoms with Crippen LogP contribution < -0.4 is 15.5 Å². The molecule has 1 aromatic heterocycles. The predicted octanol–water partition coefficient (Wildman–Crippen LogP) is 3.18. The highest BCUT2D eigenvalue weighted by atomic mass is 32.1. The third kappa shape index (κ3) is 5.70. The molecule has 0 bridgehead atoms. The molecule has 2 N–H and O–H groups in total. The van der Waals surface area contributed by atoms with Gasteiger partial charge >= 0.3 is 0 Å². The van der Waals surface area contributed by atoms with E-state index in [0.717, 1.165) is 61.8 Å². The van der Waals surface area contributed by atoms with Gasteiger partial charge in [0.15, 0.2) is 5.13 Å². The van der Waals surface area contributed by atoms with E-state index < -0.39 is 11.1 Å². The van der Waals surface area contributed by atoms with E-state index >= 15 is 0 Å². The lowest BCUT2D eigenvalue weighted by Gasteiger charge is -2.40. The number of nitriles is 1. The van der Waals surface area contributed by atoms with Gasteiger partial charge in [0.05, 0.1) is 11.8 Å². The number of ether oxygens (including phenoxy) is 1. The number of nitrogens with zero attached hydrogens (tertiary/aromatic N) is 4. The Hall–Kier alpha value is -3.00. The topological polar surface area (TPSA) is 111 Å². The fraction of sp³-hybridized carbons (Fsp3) is 0.571. The van der Waals surface area contributed by atoms with Crippen molar-refractivity contribution in [1.29, 1.82) is 5.26 Å². The fourth-order valence-corrected chi connectivity index (χ4v) is 6.40. The number of piperazine rings is 1. The summed E-state index contributed by atoms with van der Waals surface area (Å²) < 4.78 is 5.40. The quantitative estimate of drug-likeness (QED) is 0.583. The van der Waals surface area contributed by atoms with Crippen LogP contribution in [0.3, 0.4) is 0 Å². The van der Waals surface area contributed by atoms with Crippen molar-refractivity contribution in [3.63, 3.8) is 0 Å². The Kier molecular flexibility index (Phi) is 7.98. The van der Waals surface area contributed by atoms with Gasteiger partial charge in [-0.3, -0.25) is 9.59 Å². The van der Waals surface area contributed by atoms with Gasteiger partial charge in [-0.15, -0.1) is 11.3 Å². The van der Waals surface area contributed by atoms with Gasteiger partial charge in [0, 0.05) is 68.7 Å². The minimum atomic E-state index is -1.01. The van der Waals surface area contributed by atoms with Crippen molar-refractivity contribution in [2.24, 2.45) is 0 Å². The lowest BCUT2D eigenvalue weighted by molar-refractivity contribution is -0.131. The SMILES string of the molecule is CN1CCN(c2nc(-c3ccc(C(=O)NC4(C(=O)NC5(C#N)CCOCC5)CCCCC4)cc3)cs2)CC1. The number of thiazole rings is 1. The summed E-state index contributed by atoms with van der Waals surface area (Å²) in [6.45, 7) is 4.89. The maximum Gasteiger partial charge on any atom is 0.252 e. The van der Waals surface area contributed by atoms with Crippen LogP contribution in [0, 0.1) is 11.3 Å². The first-order valence-corrected chi connectivity index (χ1v) is 14.4. The normalized spacial score (nSPS) is 21.3. The maximum absolute atomic E-state index is 13.6. The number of hydrogen-bond acceptors (Lipinski definition) is 8. The summed E-state index contributed by atoms with van der Waals surface area (Å²) in [5, 5.41) is 19.0. The molecule has 5 rings (SSSR count). The van der Waals surface area contributed by atoms with E-state index in [0.29, 0.717) is 44.5 Å². The van der Waals surface area contributed by atoms with Crippen molar-refractivity contribution in [3.05, 3.63) is 35.2 Å². The van der Waals surface area contributed by atoms with Crippen LogP contribution in [-0.4, -0.2) is 79.2 Å². The summed E-state index contributed by atoms with van der Waals surface area (Å²) in [7, 11) is 2.14. The van der Waals surface area contributed by atoms with Gasteiger partial charge in [0.25, 0.3) is 5.91 Å². The van der Waals surface area contributed by atoms with E-state index in [2.05, 4.69) is 38.9 Å². The first-order chi connectivity index (χ1) is 18.4. The standard InChI is InChI=1S/C28H36N6O3S/c1-33-13-15-34(16-14-33)26-30-23(19-38-26)21-5-7-22(8-6-21)24(35)31-28(9-3-2-4-10-28)25(36)32-27(20-29)11-17-37-18-12-27/h5-8,19H,2-4,9-18H2,1H3,(H,31,35)(H,32,36). The van der Waals surface area contributed by atoms with Crippen molar-refractivity contribution >= 4 is 28.3 Å². The molecule has 202 valence electrons. The van der Waals surface area contributed by atoms with Gasteiger partial charge in [-0.1, -0.05) is 31.4 Å². The van der Waals surface area contributed by atoms with Gasteiger partial charge in [0.2, 0.25) is 5.91 Å². The number of carbonyl (C=O) groups is 2. The second-order valence-corrected chi connectivity index (χ2v) is 11.6. The zero-order valence-electron chi connectivity index (χ0n) is 22.0. The second-order valence-electron chi connectivity index (χ2n) is 10.7. The molecule has 10 heteroatoms. The number of hydrogen-bond donors (Lipinski definition) is 2. The fourth-order valence-electron chi connectivity index (χ4n) is 5.51. The van der Waals surface area contributed by atoms with Crippen LogP contribution in [0.25, 0.3) is 11.3 Å². The molecule has 2 aliphatic heterocycles. The van der Waals surface area contributed by atoms with Crippen LogP contribution in [0.2, 0.25) is 0 Å². The minimum Gasteiger partial charge on any atom is -0.381 e. The molecule has 1 saturated carbocycles. The van der Waals surface area contributed by atoms with E-state index in [4.69, 9.17) is 9.72 Å². The number of rotatable bonds is 6. The van der Waals surface area contributed by atoms with Crippen molar-refractivity contribution < 1.29 is 14.3 Å². The number of benzene rings is 1. The molecule has 3 heterocycles. The zero-order valence-corrected chi connectivity index (χ0v) is 22.8. The Bertz CT molecular complexity index is 1170. The van der Waals surface area contributed by atoms with E-state index in [1.807, 2.05) is 12.1 Å². The molecule has 1 aromatic carbocycles. The van der Waals surface area contributed by atoms with Crippen LogP contribution in [0.1, 0.15) is 55.3 Å². The summed E-state index contributed by atoms with van der Waals surface area (Å²) in [5.41, 5.74) is 0.406. The Morgan fingerprint density at radius 3 is 2.34 bits per heavy atom. The lowest BCUT2D eigenvalue weighted by atomic mass is 9.79. The number of aromatic nitrogens is 1. The predicted molar refractivity (Wildman–Crippen MR) is 147 cm³/mol. The Balaban J connectivity index is 1.27. The number of anilines is 1. The van der Waals surface area contributed by atoms with Crippen LogP contribution in [-0.2, 0) is 9.53 Å². The maximum atomic E-state index is 13.6. The molecule has 1 aliphatic carbocycles. The highest BCUT2D eigenvalue weighted by molar-refractivity contribution is 7.14. The largest absolute Gasteiger partial charge is 0.381 e. The number of carbonyl (C=O) groups excluding carboxylic acids is 2. The third-order valence-corrected chi connectivity index (χ3v) is 9.02. The second kappa shape index (κ2) is 11.4. The lowest BCUT2D eigenvalue weighted by Crippen LogP contribution is -2.64. The monoisotopic (exact) mass is 536 g/mol. The van der Waals surface area contributed by atoms with Crippen molar-refractivity contribution in [2.75, 3.05) is 51.3 Å². The molecule has 2 saturated heterocycles. The Morgan fingerprint density at radius 2 is 1.68 bits per heavy atom. The molecule has 38 heavy (non-hydrogen) atoms.